The van der Waals surface area contributed by atoms with Gasteiger partial charge in [0, 0.05) is 16.5 Å². The van der Waals surface area contributed by atoms with Gasteiger partial charge in [-0.15, -0.1) is 11.3 Å². The van der Waals surface area contributed by atoms with Crippen molar-refractivity contribution in [2.45, 2.75) is 6.92 Å². The van der Waals surface area contributed by atoms with Crippen molar-refractivity contribution in [2.24, 2.45) is 0 Å². The van der Waals surface area contributed by atoms with E-state index in [1.54, 1.807) is 17.4 Å². The number of hydrogen-bond donors (Lipinski definition) is 2. The smallest absolute Gasteiger partial charge is 0.158 e. The van der Waals surface area contributed by atoms with Gasteiger partial charge in [-0.05, 0) is 30.7 Å². The Balaban J connectivity index is 2.02. The quantitative estimate of drug-likeness (QED) is 0.693. The van der Waals surface area contributed by atoms with E-state index in [-0.39, 0.29) is 11.5 Å². The molecule has 1 heterocycles. The highest BCUT2D eigenvalue weighted by atomic mass is 32.1. The van der Waals surface area contributed by atoms with E-state index in [1.165, 1.54) is 17.7 Å². The molecule has 0 aliphatic heterocycles. The Bertz CT molecular complexity index is 765. The first kappa shape index (κ1) is 12.7. The molecule has 0 saturated carbocycles. The molecule has 0 amide bonds. The van der Waals surface area contributed by atoms with Gasteiger partial charge in [0.1, 0.15) is 5.01 Å². The summed E-state index contributed by atoms with van der Waals surface area (Å²) >= 11 is 1.57. The molecule has 0 radical (unpaired) electrons. The Kier molecular flexibility index (Phi) is 3.16. The van der Waals surface area contributed by atoms with Gasteiger partial charge >= 0.3 is 0 Å². The summed E-state index contributed by atoms with van der Waals surface area (Å²) in [4.78, 5) is 4.61. The largest absolute Gasteiger partial charge is 0.504 e. The Hall–Kier alpha value is -2.33. The van der Waals surface area contributed by atoms with Crippen molar-refractivity contribution < 1.29 is 10.2 Å². The molecule has 100 valence electrons. The van der Waals surface area contributed by atoms with Crippen LogP contribution in [0.15, 0.2) is 47.8 Å². The lowest BCUT2D eigenvalue weighted by atomic mass is 10.1. The van der Waals surface area contributed by atoms with Crippen LogP contribution in [0.3, 0.4) is 0 Å². The van der Waals surface area contributed by atoms with Gasteiger partial charge in [0.2, 0.25) is 0 Å². The van der Waals surface area contributed by atoms with Gasteiger partial charge < -0.3 is 10.2 Å². The van der Waals surface area contributed by atoms with Crippen molar-refractivity contribution in [1.29, 1.82) is 0 Å². The monoisotopic (exact) mass is 283 g/mol. The summed E-state index contributed by atoms with van der Waals surface area (Å²) in [6.07, 6.45) is 0. The first-order valence-electron chi connectivity index (χ1n) is 6.19. The van der Waals surface area contributed by atoms with E-state index in [9.17, 15) is 10.2 Å². The minimum Gasteiger partial charge on any atom is -0.504 e. The molecule has 20 heavy (non-hydrogen) atoms. The summed E-state index contributed by atoms with van der Waals surface area (Å²) in [6.45, 7) is 2.06. The van der Waals surface area contributed by atoms with Crippen LogP contribution in [0.25, 0.3) is 21.8 Å². The zero-order chi connectivity index (χ0) is 14.1. The van der Waals surface area contributed by atoms with E-state index in [0.717, 1.165) is 21.8 Å². The lowest BCUT2D eigenvalue weighted by Crippen LogP contribution is -1.82. The third-order valence-electron chi connectivity index (χ3n) is 3.15. The van der Waals surface area contributed by atoms with Crippen molar-refractivity contribution >= 4 is 11.3 Å². The first-order chi connectivity index (χ1) is 9.65. The summed E-state index contributed by atoms with van der Waals surface area (Å²) in [5.41, 5.74) is 3.88. The molecule has 0 spiro atoms. The lowest BCUT2D eigenvalue weighted by molar-refractivity contribution is 0.404. The van der Waals surface area contributed by atoms with E-state index in [2.05, 4.69) is 18.0 Å². The highest BCUT2D eigenvalue weighted by Gasteiger charge is 2.10. The summed E-state index contributed by atoms with van der Waals surface area (Å²) in [5, 5.41) is 21.8. The topological polar surface area (TPSA) is 53.4 Å². The van der Waals surface area contributed by atoms with Crippen molar-refractivity contribution in [3.63, 3.8) is 0 Å². The number of aromatic hydroxyl groups is 2. The minimum absolute atomic E-state index is 0.122. The lowest BCUT2D eigenvalue weighted by Gasteiger charge is -2.01. The molecule has 0 bridgehead atoms. The summed E-state index contributed by atoms with van der Waals surface area (Å²) in [7, 11) is 0. The van der Waals surface area contributed by atoms with Crippen LogP contribution in [0.5, 0.6) is 11.5 Å². The molecule has 2 N–H and O–H groups in total. The third kappa shape index (κ3) is 2.26. The standard InChI is InChI=1S/C16H13NO2S/c1-10-4-2-3-5-12(10)16-17-13(9-20-16)11-6-7-14(18)15(19)8-11/h2-9,18-19H,1H3. The molecule has 0 fully saturated rings. The second-order valence-corrected chi connectivity index (χ2v) is 5.41. The van der Waals surface area contributed by atoms with E-state index >= 15 is 0 Å². The SMILES string of the molecule is Cc1ccccc1-c1nc(-c2ccc(O)c(O)c2)cs1. The van der Waals surface area contributed by atoms with Gasteiger partial charge in [-0.2, -0.15) is 0 Å². The number of aromatic nitrogens is 1. The molecule has 2 aromatic carbocycles. The molecule has 4 heteroatoms. The third-order valence-corrected chi connectivity index (χ3v) is 4.03. The van der Waals surface area contributed by atoms with Crippen LogP contribution >= 0.6 is 11.3 Å². The van der Waals surface area contributed by atoms with E-state index < -0.39 is 0 Å². The number of hydrogen-bond acceptors (Lipinski definition) is 4. The number of phenols is 2. The number of phenolic OH excluding ortho intramolecular Hbond substituents is 2. The Morgan fingerprint density at radius 3 is 2.55 bits per heavy atom. The second kappa shape index (κ2) is 4.98. The molecule has 3 rings (SSSR count). The predicted octanol–water partition coefficient (Wildman–Crippen LogP) is 4.20. The highest BCUT2D eigenvalue weighted by molar-refractivity contribution is 7.13. The van der Waals surface area contributed by atoms with E-state index in [1.807, 2.05) is 23.6 Å². The van der Waals surface area contributed by atoms with Crippen molar-refractivity contribution in [3.05, 3.63) is 53.4 Å². The average molecular weight is 283 g/mol. The first-order valence-corrected chi connectivity index (χ1v) is 7.07. The predicted molar refractivity (Wildman–Crippen MR) is 81.1 cm³/mol. The number of nitrogens with zero attached hydrogens (tertiary/aromatic N) is 1. The molecule has 1 aromatic heterocycles. The number of benzene rings is 2. The van der Waals surface area contributed by atoms with Gasteiger partial charge in [0.05, 0.1) is 5.69 Å². The zero-order valence-electron chi connectivity index (χ0n) is 10.9. The zero-order valence-corrected chi connectivity index (χ0v) is 11.7. The van der Waals surface area contributed by atoms with Crippen LogP contribution in [0.2, 0.25) is 0 Å². The molecular formula is C16H13NO2S. The average Bonchev–Trinajstić information content (AvgIpc) is 2.92. The van der Waals surface area contributed by atoms with Crippen LogP contribution < -0.4 is 0 Å². The minimum atomic E-state index is -0.132. The molecular weight excluding hydrogens is 270 g/mol. The van der Waals surface area contributed by atoms with Crippen molar-refractivity contribution in [3.8, 4) is 33.3 Å². The fraction of sp³-hybridized carbons (Fsp3) is 0.0625. The van der Waals surface area contributed by atoms with Crippen LogP contribution in [0.1, 0.15) is 5.56 Å². The normalized spacial score (nSPS) is 10.7. The van der Waals surface area contributed by atoms with E-state index in [0.29, 0.717) is 0 Å². The van der Waals surface area contributed by atoms with Crippen molar-refractivity contribution in [2.75, 3.05) is 0 Å². The van der Waals surface area contributed by atoms with Crippen molar-refractivity contribution in [1.82, 2.24) is 4.98 Å². The summed E-state index contributed by atoms with van der Waals surface area (Å²) < 4.78 is 0. The Labute approximate surface area is 120 Å². The molecule has 0 saturated heterocycles. The fourth-order valence-electron chi connectivity index (χ4n) is 2.03. The van der Waals surface area contributed by atoms with Gasteiger partial charge in [-0.1, -0.05) is 24.3 Å². The van der Waals surface area contributed by atoms with Crippen LogP contribution in [0.4, 0.5) is 0 Å². The van der Waals surface area contributed by atoms with E-state index in [4.69, 9.17) is 0 Å². The maximum atomic E-state index is 9.55. The molecule has 0 aliphatic rings. The van der Waals surface area contributed by atoms with Gasteiger partial charge in [-0.3, -0.25) is 0 Å². The molecule has 3 nitrogen and oxygen atoms in total. The number of aryl methyl sites for hydroxylation is 1. The van der Waals surface area contributed by atoms with Crippen LogP contribution in [-0.4, -0.2) is 15.2 Å². The van der Waals surface area contributed by atoms with Crippen LogP contribution in [0, 0.1) is 6.92 Å². The fourth-order valence-corrected chi connectivity index (χ4v) is 2.94. The Morgan fingerprint density at radius 1 is 1.00 bits per heavy atom. The molecule has 0 unspecified atom stereocenters. The number of thiazole rings is 1. The van der Waals surface area contributed by atoms with Gasteiger partial charge in [0.15, 0.2) is 11.5 Å². The second-order valence-electron chi connectivity index (χ2n) is 4.56. The van der Waals surface area contributed by atoms with Gasteiger partial charge in [0.25, 0.3) is 0 Å². The highest BCUT2D eigenvalue weighted by Crippen LogP contribution is 2.34. The number of rotatable bonds is 2. The maximum absolute atomic E-state index is 9.55. The molecule has 0 atom stereocenters. The summed E-state index contributed by atoms with van der Waals surface area (Å²) in [5.74, 6) is -0.254. The maximum Gasteiger partial charge on any atom is 0.158 e. The Morgan fingerprint density at radius 2 is 1.80 bits per heavy atom. The van der Waals surface area contributed by atoms with Crippen LogP contribution in [-0.2, 0) is 0 Å². The van der Waals surface area contributed by atoms with Gasteiger partial charge in [-0.25, -0.2) is 4.98 Å². The molecule has 3 aromatic rings. The summed E-state index contributed by atoms with van der Waals surface area (Å²) in [6, 6.07) is 12.8. The molecule has 0 aliphatic carbocycles.